The summed E-state index contributed by atoms with van der Waals surface area (Å²) in [5.41, 5.74) is 16.2. The maximum atomic E-state index is 13.3. The maximum absolute atomic E-state index is 13.3. The molecule has 2 aliphatic rings. The fraction of sp³-hybridized carbons (Fsp3) is 0.0580. The number of hydrogen-bond acceptors (Lipinski definition) is 6. The van der Waals surface area contributed by atoms with Gasteiger partial charge in [-0.2, -0.15) is 0 Å². The summed E-state index contributed by atoms with van der Waals surface area (Å²) in [6.45, 7) is 0. The van der Waals surface area contributed by atoms with Gasteiger partial charge in [-0.15, -0.1) is 0 Å². The van der Waals surface area contributed by atoms with Gasteiger partial charge < -0.3 is 31.2 Å². The molecular weight excluding hydrogens is 1230 g/mol. The molecule has 0 unspecified atom stereocenters. The van der Waals surface area contributed by atoms with Crippen LogP contribution in [0, 0.1) is 0 Å². The third-order valence-electron chi connectivity index (χ3n) is 14.7. The molecule has 3 amide bonds. The van der Waals surface area contributed by atoms with Crippen molar-refractivity contribution in [2.24, 2.45) is 0 Å². The molecule has 0 radical (unpaired) electrons. The Morgan fingerprint density at radius 3 is 0.880 bits per heavy atom. The first-order valence-electron chi connectivity index (χ1n) is 26.8. The second kappa shape index (κ2) is 24.1. The summed E-state index contributed by atoms with van der Waals surface area (Å²) < 4.78 is 0. The number of benzene rings is 7. The third kappa shape index (κ3) is 10.8. The second-order valence-corrected chi connectivity index (χ2v) is 21.4. The number of nitrogens with zero attached hydrogens (tertiary/aromatic N) is 2. The molecule has 6 N–H and O–H groups in total. The number of rotatable bonds is 15. The van der Waals surface area contributed by atoms with E-state index in [2.05, 4.69) is 176 Å². The van der Waals surface area contributed by atoms with Crippen LogP contribution in [0.2, 0.25) is 0 Å². The summed E-state index contributed by atoms with van der Waals surface area (Å²) in [6.07, 6.45) is 8.04. The number of nitrogens with one attached hydrogen (secondary N) is 6. The zero-order valence-corrected chi connectivity index (χ0v) is 49.1. The molecule has 2 aliphatic heterocycles. The van der Waals surface area contributed by atoms with Gasteiger partial charge >= 0.3 is 0 Å². The second-order valence-electron chi connectivity index (χ2n) is 19.7. The number of carbonyl (C=O) groups is 3. The van der Waals surface area contributed by atoms with E-state index in [1.54, 1.807) is 0 Å². The molecule has 10 aromatic rings. The molecule has 0 atom stereocenters. The Kier molecular flexibility index (Phi) is 15.8. The van der Waals surface area contributed by atoms with E-state index in [1.165, 1.54) is 0 Å². The fourth-order valence-electron chi connectivity index (χ4n) is 11.1. The Morgan fingerprint density at radius 2 is 0.590 bits per heavy atom. The van der Waals surface area contributed by atoms with Gasteiger partial charge in [-0.3, -0.25) is 14.4 Å². The predicted octanol–water partition coefficient (Wildman–Crippen LogP) is 16.7. The normalized spacial score (nSPS) is 11.7. The van der Waals surface area contributed by atoms with Gasteiger partial charge in [-0.05, 0) is 89.5 Å². The molecule has 83 heavy (non-hydrogen) atoms. The van der Waals surface area contributed by atoms with Crippen LogP contribution >= 0.6 is 47.8 Å². The molecule has 0 aliphatic carbocycles. The van der Waals surface area contributed by atoms with Gasteiger partial charge in [0.05, 0.1) is 38.8 Å². The largest absolute Gasteiger partial charge is 0.367 e. The minimum atomic E-state index is -0.888. The van der Waals surface area contributed by atoms with E-state index in [0.717, 1.165) is 72.4 Å². The number of anilines is 4. The van der Waals surface area contributed by atoms with Crippen LogP contribution in [0.4, 0.5) is 22.7 Å². The first-order chi connectivity index (χ1) is 40.7. The summed E-state index contributed by atoms with van der Waals surface area (Å²) in [5.74, 6) is -0.646. The predicted molar refractivity (Wildman–Crippen MR) is 351 cm³/mol. The summed E-state index contributed by atoms with van der Waals surface area (Å²) in [7, 11) is 0. The average molecular weight is 1280 g/mol. The number of alkyl halides is 3. The van der Waals surface area contributed by atoms with Crippen molar-refractivity contribution >= 4 is 135 Å². The Morgan fingerprint density at radius 1 is 0.337 bits per heavy atom. The summed E-state index contributed by atoms with van der Waals surface area (Å²) >= 11 is 10.1. The van der Waals surface area contributed by atoms with E-state index in [9.17, 15) is 14.4 Å². The number of aromatic amines is 2. The quantitative estimate of drug-likeness (QED) is 0.0443. The molecule has 11 nitrogen and oxygen atoms in total. The lowest BCUT2D eigenvalue weighted by atomic mass is 9.76. The molecule has 7 aromatic carbocycles. The van der Waals surface area contributed by atoms with Crippen LogP contribution in [0.25, 0.3) is 90.9 Å². The van der Waals surface area contributed by atoms with Gasteiger partial charge in [-0.1, -0.05) is 212 Å². The van der Waals surface area contributed by atoms with Crippen LogP contribution in [0.3, 0.4) is 0 Å². The molecule has 8 bridgehead atoms. The molecule has 406 valence electrons. The Bertz CT molecular complexity index is 4210. The third-order valence-corrected chi connectivity index (χ3v) is 16.2. The first kappa shape index (κ1) is 54.4. The molecule has 5 heterocycles. The van der Waals surface area contributed by atoms with Crippen molar-refractivity contribution in [3.8, 4) is 44.5 Å². The summed E-state index contributed by atoms with van der Waals surface area (Å²) in [5, 5.41) is 13.8. The standard InChI is InChI=1S/C69H51Br3N8O3/c70-40-62(81)77-50-28-14-10-24-46(50)65-54-32-34-56(73-54)66(47-25-11-15-29-51(47)78-63(82)41-71)58-36-38-60(75-58)68(61-39-37-59(76-61)67(57-35-33-55(65)74-57)48-26-12-16-30-52(48)79-64(83)42-72)49-27-13-17-31-53(49)80-69(43-18-4-1-5-19-43,44-20-6-2-7-21-44)45-22-8-3-9-23-45/h1-39,73,76,80H,40-42H2,(H,77,81)(H,78,82)(H,79,83). The lowest BCUT2D eigenvalue weighted by Gasteiger charge is -2.38. The van der Waals surface area contributed by atoms with E-state index in [-0.39, 0.29) is 33.7 Å². The van der Waals surface area contributed by atoms with Gasteiger partial charge in [0.25, 0.3) is 0 Å². The number of H-pyrrole nitrogens is 2. The van der Waals surface area contributed by atoms with Crippen LogP contribution in [-0.4, -0.2) is 53.6 Å². The number of para-hydroxylation sites is 4. The van der Waals surface area contributed by atoms with Crippen molar-refractivity contribution in [1.82, 2.24) is 19.9 Å². The maximum Gasteiger partial charge on any atom is 0.235 e. The smallest absolute Gasteiger partial charge is 0.235 e. The summed E-state index contributed by atoms with van der Waals surface area (Å²) in [4.78, 5) is 58.6. The Labute approximate surface area is 504 Å². The lowest BCUT2D eigenvalue weighted by Crippen LogP contribution is -2.38. The summed E-state index contributed by atoms with van der Waals surface area (Å²) in [6, 6.07) is 71.1. The molecule has 12 rings (SSSR count). The number of amides is 3. The van der Waals surface area contributed by atoms with E-state index in [0.29, 0.717) is 56.4 Å². The van der Waals surface area contributed by atoms with Gasteiger partial charge in [-0.25, -0.2) is 9.97 Å². The van der Waals surface area contributed by atoms with E-state index in [1.807, 2.05) is 140 Å². The van der Waals surface area contributed by atoms with Gasteiger partial charge in [0.1, 0.15) is 5.54 Å². The molecule has 0 spiro atoms. The highest BCUT2D eigenvalue weighted by Gasteiger charge is 2.37. The highest BCUT2D eigenvalue weighted by atomic mass is 79.9. The van der Waals surface area contributed by atoms with Gasteiger partial charge in [0, 0.05) is 89.3 Å². The van der Waals surface area contributed by atoms with Crippen molar-refractivity contribution in [2.75, 3.05) is 37.3 Å². The average Bonchev–Trinajstić information content (AvgIpc) is 4.58. The number of aromatic nitrogens is 4. The van der Waals surface area contributed by atoms with Crippen LogP contribution < -0.4 is 21.3 Å². The molecule has 0 saturated carbocycles. The lowest BCUT2D eigenvalue weighted by molar-refractivity contribution is -0.114. The van der Waals surface area contributed by atoms with Crippen LogP contribution in [0.1, 0.15) is 39.5 Å². The minimum Gasteiger partial charge on any atom is -0.367 e. The van der Waals surface area contributed by atoms with Crippen molar-refractivity contribution in [2.45, 2.75) is 5.54 Å². The highest BCUT2D eigenvalue weighted by molar-refractivity contribution is 9.09. The van der Waals surface area contributed by atoms with Crippen LogP contribution in [0.15, 0.2) is 212 Å². The zero-order chi connectivity index (χ0) is 56.9. The molecule has 3 aromatic heterocycles. The number of fused-ring (bicyclic) bond motifs is 8. The van der Waals surface area contributed by atoms with Crippen LogP contribution in [0.5, 0.6) is 0 Å². The van der Waals surface area contributed by atoms with Crippen LogP contribution in [-0.2, 0) is 19.9 Å². The number of hydrogen-bond donors (Lipinski definition) is 6. The monoisotopic (exact) mass is 1280 g/mol. The van der Waals surface area contributed by atoms with E-state index < -0.39 is 5.54 Å². The Balaban J connectivity index is 1.23. The molecule has 0 saturated heterocycles. The highest BCUT2D eigenvalue weighted by Crippen LogP contribution is 2.46. The van der Waals surface area contributed by atoms with Crippen molar-refractivity contribution in [3.63, 3.8) is 0 Å². The SMILES string of the molecule is O=C(CBr)Nc1ccccc1-c1c2nc(c(-c3ccccc3NC(=O)CBr)c3ccc([nH]3)c(-c3ccccc3NC(c3ccccc3)(c3ccccc3)c3ccccc3)c3nc(c(-c4ccccc4NC(=O)CBr)c4ccc1[nH]4)C=C3)C=C2. The van der Waals surface area contributed by atoms with E-state index in [4.69, 9.17) is 9.97 Å². The molecule has 0 fully saturated rings. The van der Waals surface area contributed by atoms with Crippen molar-refractivity contribution < 1.29 is 14.4 Å². The Hall–Kier alpha value is -9.21. The first-order valence-corrected chi connectivity index (χ1v) is 30.2. The van der Waals surface area contributed by atoms with Gasteiger partial charge in [0.2, 0.25) is 17.7 Å². The zero-order valence-electron chi connectivity index (χ0n) is 44.4. The van der Waals surface area contributed by atoms with E-state index >= 15 is 0 Å². The fourth-order valence-corrected chi connectivity index (χ4v) is 11.5. The number of halogens is 3. The van der Waals surface area contributed by atoms with Gasteiger partial charge in [0.15, 0.2) is 0 Å². The molecular formula is C69H51Br3N8O3. The minimum absolute atomic E-state index is 0.0959. The van der Waals surface area contributed by atoms with Crippen molar-refractivity contribution in [3.05, 3.63) is 252 Å². The topological polar surface area (TPSA) is 157 Å². The van der Waals surface area contributed by atoms with Crippen molar-refractivity contribution in [1.29, 1.82) is 0 Å². The molecule has 14 heteroatoms. The number of carbonyl (C=O) groups excluding carboxylic acids is 3.